The third-order valence-corrected chi connectivity index (χ3v) is 4.24. The Balaban J connectivity index is 2.45. The minimum atomic E-state index is -1.25. The van der Waals surface area contributed by atoms with Crippen LogP contribution in [0.4, 0.5) is 0 Å². The van der Waals surface area contributed by atoms with Crippen molar-refractivity contribution in [3.63, 3.8) is 0 Å². The van der Waals surface area contributed by atoms with E-state index in [4.69, 9.17) is 0 Å². The number of hydrogen-bond acceptors (Lipinski definition) is 3. The number of carbonyl (C=O) groups is 3. The summed E-state index contributed by atoms with van der Waals surface area (Å²) in [7, 11) is 0. The van der Waals surface area contributed by atoms with E-state index in [9.17, 15) is 19.5 Å². The molecule has 126 valence electrons. The highest BCUT2D eigenvalue weighted by molar-refractivity contribution is 5.87. The van der Waals surface area contributed by atoms with E-state index < -0.39 is 11.5 Å². The first-order chi connectivity index (χ1) is 10.3. The van der Waals surface area contributed by atoms with Crippen molar-refractivity contribution < 1.29 is 19.5 Å². The van der Waals surface area contributed by atoms with Gasteiger partial charge >= 0.3 is 5.97 Å². The van der Waals surface area contributed by atoms with Gasteiger partial charge in [-0.05, 0) is 33.1 Å². The van der Waals surface area contributed by atoms with E-state index in [-0.39, 0.29) is 30.2 Å². The normalized spacial score (nSPS) is 19.2. The van der Waals surface area contributed by atoms with Crippen LogP contribution in [-0.2, 0) is 14.4 Å². The monoisotopic (exact) mass is 312 g/mol. The number of nitrogens with one attached hydrogen (secondary N) is 2. The lowest BCUT2D eigenvalue weighted by Crippen LogP contribution is -2.53. The van der Waals surface area contributed by atoms with E-state index in [1.807, 2.05) is 6.92 Å². The predicted molar refractivity (Wildman–Crippen MR) is 83.3 cm³/mol. The molecule has 6 nitrogen and oxygen atoms in total. The molecule has 0 aromatic rings. The molecular formula is C16H28N2O4. The van der Waals surface area contributed by atoms with Crippen molar-refractivity contribution in [1.29, 1.82) is 0 Å². The molecule has 1 rings (SSSR count). The predicted octanol–water partition coefficient (Wildman–Crippen LogP) is 1.83. The Labute approximate surface area is 132 Å². The van der Waals surface area contributed by atoms with Crippen LogP contribution in [0.15, 0.2) is 0 Å². The van der Waals surface area contributed by atoms with Crippen molar-refractivity contribution in [2.45, 2.75) is 77.3 Å². The maximum Gasteiger partial charge on any atom is 0.329 e. The summed E-state index contributed by atoms with van der Waals surface area (Å²) in [5.74, 6) is -1.31. The Bertz CT molecular complexity index is 418. The molecule has 0 saturated heterocycles. The maximum atomic E-state index is 12.0. The van der Waals surface area contributed by atoms with Crippen LogP contribution in [0.1, 0.15) is 65.7 Å². The van der Waals surface area contributed by atoms with E-state index >= 15 is 0 Å². The second kappa shape index (κ2) is 8.15. The molecule has 3 N–H and O–H groups in total. The van der Waals surface area contributed by atoms with E-state index in [0.29, 0.717) is 12.8 Å². The van der Waals surface area contributed by atoms with E-state index in [1.165, 1.54) is 6.92 Å². The molecule has 0 aromatic heterocycles. The third kappa shape index (κ3) is 5.31. The number of rotatable bonds is 8. The fourth-order valence-electron chi connectivity index (χ4n) is 2.96. The molecule has 0 heterocycles. The van der Waals surface area contributed by atoms with Gasteiger partial charge in [0.05, 0.1) is 0 Å². The molecule has 6 heteroatoms. The SMILES string of the molecule is CCCC(C)(NC(=O)CC(C)NC(=O)C1CCCC1)C(=O)O. The number of aliphatic carboxylic acids is 1. The van der Waals surface area contributed by atoms with E-state index in [0.717, 1.165) is 25.7 Å². The molecule has 0 aliphatic heterocycles. The van der Waals surface area contributed by atoms with Crippen LogP contribution >= 0.6 is 0 Å². The summed E-state index contributed by atoms with van der Waals surface area (Å²) in [4.78, 5) is 35.3. The van der Waals surface area contributed by atoms with Crippen LogP contribution in [0.2, 0.25) is 0 Å². The molecule has 1 aliphatic rings. The van der Waals surface area contributed by atoms with Crippen LogP contribution in [0.5, 0.6) is 0 Å². The molecule has 0 aromatic carbocycles. The third-order valence-electron chi connectivity index (χ3n) is 4.24. The lowest BCUT2D eigenvalue weighted by Gasteiger charge is -2.26. The average Bonchev–Trinajstić information content (AvgIpc) is 2.91. The maximum absolute atomic E-state index is 12.0. The van der Waals surface area contributed by atoms with Gasteiger partial charge in [0.25, 0.3) is 0 Å². The first-order valence-corrected chi connectivity index (χ1v) is 8.13. The van der Waals surface area contributed by atoms with Gasteiger partial charge in [0.2, 0.25) is 11.8 Å². The fraction of sp³-hybridized carbons (Fsp3) is 0.812. The summed E-state index contributed by atoms with van der Waals surface area (Å²) in [5, 5.41) is 14.7. The Morgan fingerprint density at radius 3 is 2.36 bits per heavy atom. The number of carboxylic acid groups (broad SMARTS) is 1. The Hall–Kier alpha value is -1.59. The quantitative estimate of drug-likeness (QED) is 0.637. The summed E-state index contributed by atoms with van der Waals surface area (Å²) in [6, 6.07) is -0.298. The smallest absolute Gasteiger partial charge is 0.329 e. The van der Waals surface area contributed by atoms with Crippen molar-refractivity contribution >= 4 is 17.8 Å². The van der Waals surface area contributed by atoms with E-state index in [1.54, 1.807) is 6.92 Å². The van der Waals surface area contributed by atoms with Gasteiger partial charge in [0, 0.05) is 18.4 Å². The van der Waals surface area contributed by atoms with Crippen LogP contribution in [-0.4, -0.2) is 34.5 Å². The highest BCUT2D eigenvalue weighted by Crippen LogP contribution is 2.24. The molecule has 0 spiro atoms. The van der Waals surface area contributed by atoms with Crippen molar-refractivity contribution in [3.8, 4) is 0 Å². The van der Waals surface area contributed by atoms with Crippen molar-refractivity contribution in [2.75, 3.05) is 0 Å². The van der Waals surface area contributed by atoms with Crippen molar-refractivity contribution in [2.24, 2.45) is 5.92 Å². The molecule has 2 unspecified atom stereocenters. The molecule has 0 radical (unpaired) electrons. The lowest BCUT2D eigenvalue weighted by atomic mass is 9.96. The first-order valence-electron chi connectivity index (χ1n) is 8.13. The van der Waals surface area contributed by atoms with Gasteiger partial charge in [-0.2, -0.15) is 0 Å². The van der Waals surface area contributed by atoms with Crippen LogP contribution in [0.25, 0.3) is 0 Å². The first kappa shape index (κ1) is 18.5. The molecular weight excluding hydrogens is 284 g/mol. The van der Waals surface area contributed by atoms with Gasteiger partial charge in [-0.3, -0.25) is 9.59 Å². The Morgan fingerprint density at radius 2 is 1.86 bits per heavy atom. The van der Waals surface area contributed by atoms with Gasteiger partial charge in [-0.15, -0.1) is 0 Å². The van der Waals surface area contributed by atoms with Crippen LogP contribution in [0.3, 0.4) is 0 Å². The van der Waals surface area contributed by atoms with Crippen molar-refractivity contribution in [3.05, 3.63) is 0 Å². The number of amides is 2. The fourth-order valence-corrected chi connectivity index (χ4v) is 2.96. The molecule has 1 saturated carbocycles. The van der Waals surface area contributed by atoms with E-state index in [2.05, 4.69) is 10.6 Å². The highest BCUT2D eigenvalue weighted by atomic mass is 16.4. The largest absolute Gasteiger partial charge is 0.480 e. The van der Waals surface area contributed by atoms with Crippen LogP contribution in [0, 0.1) is 5.92 Å². The average molecular weight is 312 g/mol. The minimum Gasteiger partial charge on any atom is -0.480 e. The number of carboxylic acids is 1. The van der Waals surface area contributed by atoms with Gasteiger partial charge in [-0.1, -0.05) is 26.2 Å². The zero-order valence-electron chi connectivity index (χ0n) is 13.8. The van der Waals surface area contributed by atoms with Gasteiger partial charge < -0.3 is 15.7 Å². The standard InChI is InChI=1S/C16H28N2O4/c1-4-9-16(3,15(21)22)18-13(19)10-11(2)17-14(20)12-7-5-6-8-12/h11-12H,4-10H2,1-3H3,(H,17,20)(H,18,19)(H,21,22). The van der Waals surface area contributed by atoms with Crippen LogP contribution < -0.4 is 10.6 Å². The lowest BCUT2D eigenvalue weighted by molar-refractivity contribution is -0.147. The van der Waals surface area contributed by atoms with Gasteiger partial charge in [0.15, 0.2) is 0 Å². The molecule has 22 heavy (non-hydrogen) atoms. The summed E-state index contributed by atoms with van der Waals surface area (Å²) >= 11 is 0. The summed E-state index contributed by atoms with van der Waals surface area (Å²) in [6.07, 6.45) is 5.12. The van der Waals surface area contributed by atoms with Gasteiger partial charge in [0.1, 0.15) is 5.54 Å². The zero-order chi connectivity index (χ0) is 16.8. The summed E-state index contributed by atoms with van der Waals surface area (Å²) in [6.45, 7) is 5.15. The van der Waals surface area contributed by atoms with Crippen molar-refractivity contribution in [1.82, 2.24) is 10.6 Å². The molecule has 2 amide bonds. The number of hydrogen-bond donors (Lipinski definition) is 3. The molecule has 1 fully saturated rings. The molecule has 2 atom stereocenters. The molecule has 0 bridgehead atoms. The van der Waals surface area contributed by atoms with Gasteiger partial charge in [-0.25, -0.2) is 4.79 Å². The summed E-state index contributed by atoms with van der Waals surface area (Å²) < 4.78 is 0. The summed E-state index contributed by atoms with van der Waals surface area (Å²) in [5.41, 5.74) is -1.25. The zero-order valence-corrected chi connectivity index (χ0v) is 13.8. The number of carbonyl (C=O) groups excluding carboxylic acids is 2. The second-order valence-corrected chi connectivity index (χ2v) is 6.53. The topological polar surface area (TPSA) is 95.5 Å². The Morgan fingerprint density at radius 1 is 1.27 bits per heavy atom. The Kier molecular flexibility index (Phi) is 6.84. The second-order valence-electron chi connectivity index (χ2n) is 6.53. The minimum absolute atomic E-state index is 0.00681. The molecule has 1 aliphatic carbocycles. The highest BCUT2D eigenvalue weighted by Gasteiger charge is 2.34.